The first kappa shape index (κ1) is 16.5. The standard InChI is InChI=1S/C16H19NO6/c1-5-23-16(20)13-15(19)14(18)9(2)17(13)11-7-6-10(21-3)8-12(11)22-4/h6-8,18-19H,5H2,1-4H3. The van der Waals surface area contributed by atoms with Gasteiger partial charge >= 0.3 is 5.97 Å². The highest BCUT2D eigenvalue weighted by molar-refractivity contribution is 5.93. The van der Waals surface area contributed by atoms with Crippen molar-refractivity contribution in [2.45, 2.75) is 13.8 Å². The minimum Gasteiger partial charge on any atom is -0.503 e. The van der Waals surface area contributed by atoms with Gasteiger partial charge in [-0.25, -0.2) is 4.79 Å². The fourth-order valence-corrected chi connectivity index (χ4v) is 2.32. The van der Waals surface area contributed by atoms with Crippen LogP contribution in [0, 0.1) is 6.92 Å². The molecule has 0 aliphatic rings. The van der Waals surface area contributed by atoms with Gasteiger partial charge in [-0.1, -0.05) is 0 Å². The Kier molecular flexibility index (Phi) is 4.68. The van der Waals surface area contributed by atoms with Crippen molar-refractivity contribution in [3.63, 3.8) is 0 Å². The number of benzene rings is 1. The molecular formula is C16H19NO6. The molecule has 2 rings (SSSR count). The Balaban J connectivity index is 2.73. The van der Waals surface area contributed by atoms with Gasteiger partial charge in [0.25, 0.3) is 0 Å². The molecular weight excluding hydrogens is 302 g/mol. The van der Waals surface area contributed by atoms with E-state index in [2.05, 4.69) is 0 Å². The fourth-order valence-electron chi connectivity index (χ4n) is 2.32. The van der Waals surface area contributed by atoms with Crippen LogP contribution in [-0.2, 0) is 4.74 Å². The predicted octanol–water partition coefficient (Wildman–Crippen LogP) is 2.39. The molecule has 1 heterocycles. The van der Waals surface area contributed by atoms with Crippen LogP contribution in [0.4, 0.5) is 0 Å². The van der Waals surface area contributed by atoms with Gasteiger partial charge in [-0.15, -0.1) is 0 Å². The summed E-state index contributed by atoms with van der Waals surface area (Å²) in [6.07, 6.45) is 0. The first-order valence-electron chi connectivity index (χ1n) is 6.98. The molecule has 0 bridgehead atoms. The number of esters is 1. The zero-order chi connectivity index (χ0) is 17.1. The van der Waals surface area contributed by atoms with Gasteiger partial charge in [0.05, 0.1) is 32.2 Å². The largest absolute Gasteiger partial charge is 0.503 e. The third-order valence-corrected chi connectivity index (χ3v) is 3.45. The van der Waals surface area contributed by atoms with E-state index in [0.717, 1.165) is 0 Å². The van der Waals surface area contributed by atoms with Crippen molar-refractivity contribution in [2.75, 3.05) is 20.8 Å². The number of hydrogen-bond acceptors (Lipinski definition) is 6. The van der Waals surface area contributed by atoms with Gasteiger partial charge < -0.3 is 24.4 Å². The molecule has 23 heavy (non-hydrogen) atoms. The number of rotatable bonds is 5. The average molecular weight is 321 g/mol. The SMILES string of the molecule is CCOC(=O)c1c(O)c(O)c(C)n1-c1ccc(OC)cc1OC. The van der Waals surface area contributed by atoms with Crippen molar-refractivity contribution in [1.82, 2.24) is 4.57 Å². The highest BCUT2D eigenvalue weighted by Gasteiger charge is 2.28. The maximum absolute atomic E-state index is 12.2. The lowest BCUT2D eigenvalue weighted by molar-refractivity contribution is 0.0513. The summed E-state index contributed by atoms with van der Waals surface area (Å²) in [7, 11) is 3.00. The molecule has 0 aliphatic heterocycles. The number of nitrogens with zero attached hydrogens (tertiary/aromatic N) is 1. The van der Waals surface area contributed by atoms with Crippen molar-refractivity contribution in [2.24, 2.45) is 0 Å². The van der Waals surface area contributed by atoms with E-state index in [4.69, 9.17) is 14.2 Å². The highest BCUT2D eigenvalue weighted by atomic mass is 16.5. The molecule has 7 nitrogen and oxygen atoms in total. The van der Waals surface area contributed by atoms with E-state index in [-0.39, 0.29) is 23.7 Å². The molecule has 0 amide bonds. The van der Waals surface area contributed by atoms with Gasteiger partial charge in [-0.3, -0.25) is 4.57 Å². The van der Waals surface area contributed by atoms with Crippen molar-refractivity contribution < 1.29 is 29.2 Å². The van der Waals surface area contributed by atoms with Crippen molar-refractivity contribution >= 4 is 5.97 Å². The van der Waals surface area contributed by atoms with E-state index in [1.807, 2.05) is 0 Å². The second-order valence-corrected chi connectivity index (χ2v) is 4.72. The quantitative estimate of drug-likeness (QED) is 0.822. The molecule has 0 saturated heterocycles. The lowest BCUT2D eigenvalue weighted by Crippen LogP contribution is -2.13. The van der Waals surface area contributed by atoms with Gasteiger partial charge in [-0.2, -0.15) is 0 Å². The summed E-state index contributed by atoms with van der Waals surface area (Å²) in [5.41, 5.74) is 0.587. The molecule has 2 aromatic rings. The zero-order valence-corrected chi connectivity index (χ0v) is 13.4. The smallest absolute Gasteiger partial charge is 0.359 e. The Morgan fingerprint density at radius 2 is 1.87 bits per heavy atom. The van der Waals surface area contributed by atoms with Gasteiger partial charge in [0.1, 0.15) is 11.5 Å². The molecule has 1 aromatic heterocycles. The third-order valence-electron chi connectivity index (χ3n) is 3.45. The Hall–Kier alpha value is -2.83. The predicted molar refractivity (Wildman–Crippen MR) is 82.9 cm³/mol. The number of aromatic nitrogens is 1. The number of aromatic hydroxyl groups is 2. The topological polar surface area (TPSA) is 90.2 Å². The van der Waals surface area contributed by atoms with E-state index in [1.54, 1.807) is 32.0 Å². The average Bonchev–Trinajstić information content (AvgIpc) is 2.78. The van der Waals surface area contributed by atoms with Crippen LogP contribution < -0.4 is 9.47 Å². The van der Waals surface area contributed by atoms with Crippen molar-refractivity contribution in [3.8, 4) is 28.7 Å². The number of ether oxygens (including phenoxy) is 3. The second kappa shape index (κ2) is 6.51. The fraction of sp³-hybridized carbons (Fsp3) is 0.312. The summed E-state index contributed by atoms with van der Waals surface area (Å²) in [6.45, 7) is 3.37. The number of hydrogen-bond donors (Lipinski definition) is 2. The summed E-state index contributed by atoms with van der Waals surface area (Å²) in [5, 5.41) is 20.1. The van der Waals surface area contributed by atoms with Gasteiger partial charge in [-0.05, 0) is 26.0 Å². The van der Waals surface area contributed by atoms with Crippen LogP contribution in [0.1, 0.15) is 23.1 Å². The number of carbonyl (C=O) groups is 1. The molecule has 7 heteroatoms. The molecule has 0 spiro atoms. The van der Waals surface area contributed by atoms with Crippen LogP contribution >= 0.6 is 0 Å². The molecule has 124 valence electrons. The van der Waals surface area contributed by atoms with Gasteiger partial charge in [0, 0.05) is 6.07 Å². The Bertz CT molecular complexity index is 735. The number of carbonyl (C=O) groups excluding carboxylic acids is 1. The Morgan fingerprint density at radius 1 is 1.17 bits per heavy atom. The monoisotopic (exact) mass is 321 g/mol. The molecule has 0 fully saturated rings. The highest BCUT2D eigenvalue weighted by Crippen LogP contribution is 2.40. The number of methoxy groups -OCH3 is 2. The van der Waals surface area contributed by atoms with Crippen molar-refractivity contribution in [1.29, 1.82) is 0 Å². The lowest BCUT2D eigenvalue weighted by atomic mass is 10.2. The van der Waals surface area contributed by atoms with Crippen LogP contribution in [0.2, 0.25) is 0 Å². The first-order valence-corrected chi connectivity index (χ1v) is 6.98. The minimum atomic E-state index is -0.744. The lowest BCUT2D eigenvalue weighted by Gasteiger charge is -2.15. The van der Waals surface area contributed by atoms with Gasteiger partial charge in [0.2, 0.25) is 0 Å². The summed E-state index contributed by atoms with van der Waals surface area (Å²) in [6, 6.07) is 4.98. The summed E-state index contributed by atoms with van der Waals surface area (Å²) < 4.78 is 16.8. The Labute approximate surface area is 133 Å². The third kappa shape index (κ3) is 2.77. The Morgan fingerprint density at radius 3 is 2.43 bits per heavy atom. The van der Waals surface area contributed by atoms with E-state index >= 15 is 0 Å². The molecule has 0 aliphatic carbocycles. The van der Waals surface area contributed by atoms with E-state index in [9.17, 15) is 15.0 Å². The maximum atomic E-state index is 12.2. The minimum absolute atomic E-state index is 0.142. The summed E-state index contributed by atoms with van der Waals surface area (Å²) in [4.78, 5) is 12.2. The van der Waals surface area contributed by atoms with Crippen LogP contribution in [-0.4, -0.2) is 41.6 Å². The van der Waals surface area contributed by atoms with Crippen molar-refractivity contribution in [3.05, 3.63) is 29.6 Å². The van der Waals surface area contributed by atoms with Crippen LogP contribution in [0.25, 0.3) is 5.69 Å². The van der Waals surface area contributed by atoms with E-state index in [0.29, 0.717) is 17.2 Å². The van der Waals surface area contributed by atoms with Crippen LogP contribution in [0.15, 0.2) is 18.2 Å². The summed E-state index contributed by atoms with van der Waals surface area (Å²) in [5.74, 6) is -0.675. The van der Waals surface area contributed by atoms with E-state index < -0.39 is 11.7 Å². The molecule has 0 radical (unpaired) electrons. The molecule has 0 unspecified atom stereocenters. The first-order chi connectivity index (χ1) is 11.0. The van der Waals surface area contributed by atoms with Crippen LogP contribution in [0.3, 0.4) is 0 Å². The molecule has 0 atom stereocenters. The second-order valence-electron chi connectivity index (χ2n) is 4.72. The maximum Gasteiger partial charge on any atom is 0.359 e. The molecule has 2 N–H and O–H groups in total. The molecule has 0 saturated carbocycles. The van der Waals surface area contributed by atoms with E-state index in [1.165, 1.54) is 18.8 Å². The normalized spacial score (nSPS) is 10.4. The van der Waals surface area contributed by atoms with Crippen LogP contribution in [0.5, 0.6) is 23.0 Å². The van der Waals surface area contributed by atoms with Gasteiger partial charge in [0.15, 0.2) is 17.2 Å². The summed E-state index contributed by atoms with van der Waals surface area (Å²) >= 11 is 0. The zero-order valence-electron chi connectivity index (χ0n) is 13.4. The molecule has 1 aromatic carbocycles.